The van der Waals surface area contributed by atoms with Crippen LogP contribution in [0.15, 0.2) is 76.7 Å². The highest BCUT2D eigenvalue weighted by molar-refractivity contribution is 7.93. The van der Waals surface area contributed by atoms with Gasteiger partial charge in [0, 0.05) is 24.7 Å². The van der Waals surface area contributed by atoms with E-state index in [9.17, 15) is 23.3 Å². The number of rotatable bonds is 8. The van der Waals surface area contributed by atoms with Crippen molar-refractivity contribution in [1.82, 2.24) is 0 Å². The molecule has 0 aliphatic rings. The molecule has 0 aliphatic carbocycles. The number of nitrogens with one attached hydrogen (secondary N) is 3. The summed E-state index contributed by atoms with van der Waals surface area (Å²) >= 11 is 6.03. The van der Waals surface area contributed by atoms with Gasteiger partial charge in [0.2, 0.25) is 5.91 Å². The van der Waals surface area contributed by atoms with Crippen LogP contribution < -0.4 is 15.5 Å². The minimum absolute atomic E-state index is 0.0197. The first-order valence-corrected chi connectivity index (χ1v) is 11.2. The SMILES string of the molecule is CC(=O)Nc1ccc(C=NNc2ccc([N+](=O)[O-])cc2S(=O)(=O)Nc2ccccc2Cl)cc1. The lowest BCUT2D eigenvalue weighted by Crippen LogP contribution is -2.15. The fourth-order valence-corrected chi connectivity index (χ4v) is 4.21. The molecule has 0 fully saturated rings. The molecule has 10 nitrogen and oxygen atoms in total. The van der Waals surface area contributed by atoms with E-state index in [2.05, 4.69) is 20.6 Å². The van der Waals surface area contributed by atoms with Crippen LogP contribution in [0, 0.1) is 10.1 Å². The molecule has 0 saturated heterocycles. The fraction of sp³-hybridized carbons (Fsp3) is 0.0476. The van der Waals surface area contributed by atoms with E-state index in [0.29, 0.717) is 11.3 Å². The number of hydrogen-bond donors (Lipinski definition) is 3. The quantitative estimate of drug-likeness (QED) is 0.243. The van der Waals surface area contributed by atoms with Crippen LogP contribution in [0.4, 0.5) is 22.7 Å². The van der Waals surface area contributed by atoms with Gasteiger partial charge in [-0.2, -0.15) is 5.10 Å². The molecule has 33 heavy (non-hydrogen) atoms. The zero-order valence-electron chi connectivity index (χ0n) is 17.2. The molecular weight excluding hydrogens is 470 g/mol. The summed E-state index contributed by atoms with van der Waals surface area (Å²) in [6.45, 7) is 1.40. The molecule has 0 aromatic heterocycles. The van der Waals surface area contributed by atoms with Crippen molar-refractivity contribution in [2.24, 2.45) is 5.10 Å². The van der Waals surface area contributed by atoms with Crippen molar-refractivity contribution < 1.29 is 18.1 Å². The third-order valence-corrected chi connectivity index (χ3v) is 5.95. The number of nitro groups is 1. The molecule has 3 aromatic carbocycles. The van der Waals surface area contributed by atoms with Crippen LogP contribution in [0.25, 0.3) is 0 Å². The smallest absolute Gasteiger partial charge is 0.270 e. The maximum Gasteiger partial charge on any atom is 0.270 e. The average molecular weight is 488 g/mol. The first kappa shape index (κ1) is 23.7. The molecule has 0 saturated carbocycles. The summed E-state index contributed by atoms with van der Waals surface area (Å²) in [5.41, 5.74) is 3.62. The van der Waals surface area contributed by atoms with E-state index >= 15 is 0 Å². The van der Waals surface area contributed by atoms with Gasteiger partial charge < -0.3 is 5.32 Å². The molecule has 0 unspecified atom stereocenters. The van der Waals surface area contributed by atoms with Crippen LogP contribution in [-0.4, -0.2) is 25.5 Å². The number of nitrogens with zero attached hydrogens (tertiary/aromatic N) is 2. The van der Waals surface area contributed by atoms with Gasteiger partial charge in [-0.1, -0.05) is 35.9 Å². The number of halogens is 1. The number of benzene rings is 3. The van der Waals surface area contributed by atoms with Gasteiger partial charge in [-0.05, 0) is 35.9 Å². The molecule has 0 atom stereocenters. The molecule has 0 radical (unpaired) electrons. The van der Waals surface area contributed by atoms with Crippen LogP contribution in [0.1, 0.15) is 12.5 Å². The summed E-state index contributed by atoms with van der Waals surface area (Å²) in [7, 11) is -4.25. The van der Waals surface area contributed by atoms with E-state index in [1.807, 2.05) is 0 Å². The summed E-state index contributed by atoms with van der Waals surface area (Å²) in [5.74, 6) is -0.199. The van der Waals surface area contributed by atoms with Gasteiger partial charge >= 0.3 is 0 Å². The number of hydrazone groups is 1. The molecule has 3 aromatic rings. The summed E-state index contributed by atoms with van der Waals surface area (Å²) in [6, 6.07) is 16.3. The van der Waals surface area contributed by atoms with Crippen molar-refractivity contribution >= 4 is 56.5 Å². The molecule has 0 spiro atoms. The van der Waals surface area contributed by atoms with Crippen molar-refractivity contribution in [2.75, 3.05) is 15.5 Å². The van der Waals surface area contributed by atoms with Gasteiger partial charge in [0.15, 0.2) is 0 Å². The number of carbonyl (C=O) groups is 1. The highest BCUT2D eigenvalue weighted by Gasteiger charge is 2.23. The van der Waals surface area contributed by atoms with E-state index in [4.69, 9.17) is 11.6 Å². The Labute approximate surface area is 194 Å². The second-order valence-electron chi connectivity index (χ2n) is 6.70. The zero-order chi connectivity index (χ0) is 24.0. The number of hydrogen-bond acceptors (Lipinski definition) is 7. The second kappa shape index (κ2) is 10.1. The predicted octanol–water partition coefficient (Wildman–Crippen LogP) is 4.45. The lowest BCUT2D eigenvalue weighted by atomic mass is 10.2. The van der Waals surface area contributed by atoms with Gasteiger partial charge in [0.05, 0.1) is 27.5 Å². The third-order valence-electron chi connectivity index (χ3n) is 4.21. The Hall–Kier alpha value is -3.96. The Kier molecular flexibility index (Phi) is 7.26. The van der Waals surface area contributed by atoms with E-state index in [-0.39, 0.29) is 27.2 Å². The zero-order valence-corrected chi connectivity index (χ0v) is 18.7. The van der Waals surface area contributed by atoms with E-state index in [1.165, 1.54) is 31.3 Å². The highest BCUT2D eigenvalue weighted by atomic mass is 35.5. The minimum Gasteiger partial charge on any atom is -0.326 e. The monoisotopic (exact) mass is 487 g/mol. The Morgan fingerprint density at radius 3 is 2.39 bits per heavy atom. The van der Waals surface area contributed by atoms with Gasteiger partial charge in [-0.15, -0.1) is 0 Å². The standard InChI is InChI=1S/C21H18ClN5O5S/c1-14(28)24-16-8-6-15(7-9-16)13-23-25-20-11-10-17(27(29)30)12-21(20)33(31,32)26-19-5-3-2-4-18(19)22/h2-13,25-26H,1H3,(H,24,28). The van der Waals surface area contributed by atoms with Crippen molar-refractivity contribution in [2.45, 2.75) is 11.8 Å². The number of para-hydroxylation sites is 1. The van der Waals surface area contributed by atoms with Crippen LogP contribution in [0.3, 0.4) is 0 Å². The maximum absolute atomic E-state index is 13.0. The summed E-state index contributed by atoms with van der Waals surface area (Å²) in [5, 5.41) is 18.0. The number of anilines is 3. The number of amides is 1. The molecule has 170 valence electrons. The first-order chi connectivity index (χ1) is 15.7. The van der Waals surface area contributed by atoms with Gasteiger partial charge in [0.1, 0.15) is 4.90 Å². The lowest BCUT2D eigenvalue weighted by Gasteiger charge is -2.13. The van der Waals surface area contributed by atoms with Gasteiger partial charge in [-0.25, -0.2) is 8.42 Å². The fourth-order valence-electron chi connectivity index (χ4n) is 2.72. The summed E-state index contributed by atoms with van der Waals surface area (Å²) in [4.78, 5) is 21.2. The Morgan fingerprint density at radius 2 is 1.76 bits per heavy atom. The van der Waals surface area contributed by atoms with E-state index in [0.717, 1.165) is 12.1 Å². The molecule has 3 rings (SSSR count). The van der Waals surface area contributed by atoms with Crippen LogP contribution in [-0.2, 0) is 14.8 Å². The number of sulfonamides is 1. The molecule has 0 heterocycles. The van der Waals surface area contributed by atoms with Crippen molar-refractivity contribution in [3.63, 3.8) is 0 Å². The minimum atomic E-state index is -4.25. The van der Waals surface area contributed by atoms with Gasteiger partial charge in [0.25, 0.3) is 15.7 Å². The van der Waals surface area contributed by atoms with E-state index in [1.54, 1.807) is 36.4 Å². The van der Waals surface area contributed by atoms with Crippen molar-refractivity contribution in [1.29, 1.82) is 0 Å². The topological polar surface area (TPSA) is 143 Å². The predicted molar refractivity (Wildman–Crippen MR) is 127 cm³/mol. The molecule has 3 N–H and O–H groups in total. The van der Waals surface area contributed by atoms with Crippen LogP contribution in [0.5, 0.6) is 0 Å². The Bertz CT molecular complexity index is 1330. The maximum atomic E-state index is 13.0. The van der Waals surface area contributed by atoms with E-state index < -0.39 is 20.6 Å². The summed E-state index contributed by atoms with van der Waals surface area (Å²) < 4.78 is 28.3. The highest BCUT2D eigenvalue weighted by Crippen LogP contribution is 2.30. The average Bonchev–Trinajstić information content (AvgIpc) is 2.76. The lowest BCUT2D eigenvalue weighted by molar-refractivity contribution is -0.385. The van der Waals surface area contributed by atoms with Crippen LogP contribution in [0.2, 0.25) is 5.02 Å². The largest absolute Gasteiger partial charge is 0.326 e. The molecule has 12 heteroatoms. The molecular formula is C21H18ClN5O5S. The van der Waals surface area contributed by atoms with Crippen LogP contribution >= 0.6 is 11.6 Å². The first-order valence-electron chi connectivity index (χ1n) is 9.38. The molecule has 0 aliphatic heterocycles. The second-order valence-corrected chi connectivity index (χ2v) is 8.75. The normalized spacial score (nSPS) is 11.2. The summed E-state index contributed by atoms with van der Waals surface area (Å²) in [6.07, 6.45) is 1.43. The Balaban J connectivity index is 1.87. The number of nitro benzene ring substituents is 1. The molecule has 1 amide bonds. The van der Waals surface area contributed by atoms with Crippen molar-refractivity contribution in [3.05, 3.63) is 87.4 Å². The third kappa shape index (κ3) is 6.28. The van der Waals surface area contributed by atoms with Gasteiger partial charge in [-0.3, -0.25) is 25.1 Å². The van der Waals surface area contributed by atoms with Crippen molar-refractivity contribution in [3.8, 4) is 0 Å². The Morgan fingerprint density at radius 1 is 1.06 bits per heavy atom. The number of non-ortho nitro benzene ring substituents is 1. The number of carbonyl (C=O) groups excluding carboxylic acids is 1. The molecule has 0 bridgehead atoms.